The number of anilines is 1. The zero-order valence-corrected chi connectivity index (χ0v) is 14.5. The molecule has 0 saturated carbocycles. The van der Waals surface area contributed by atoms with Crippen LogP contribution >= 0.6 is 0 Å². The quantitative estimate of drug-likeness (QED) is 0.786. The summed E-state index contributed by atoms with van der Waals surface area (Å²) in [6.45, 7) is 1.72. The van der Waals surface area contributed by atoms with Crippen LogP contribution in [0.5, 0.6) is 11.5 Å². The molecule has 1 aliphatic heterocycles. The molecule has 0 amide bonds. The van der Waals surface area contributed by atoms with Crippen LogP contribution in [0.2, 0.25) is 0 Å². The number of phenols is 1. The lowest BCUT2D eigenvalue weighted by Crippen LogP contribution is -2.63. The summed E-state index contributed by atoms with van der Waals surface area (Å²) in [6, 6.07) is 13.1. The highest BCUT2D eigenvalue weighted by Crippen LogP contribution is 2.35. The molecule has 140 valence electrons. The molecule has 0 radical (unpaired) electrons. The van der Waals surface area contributed by atoms with Crippen molar-refractivity contribution in [3.05, 3.63) is 48.5 Å². The van der Waals surface area contributed by atoms with E-state index in [0.717, 1.165) is 43.7 Å². The second-order valence-corrected chi connectivity index (χ2v) is 6.51. The minimum Gasteiger partial charge on any atom is -0.508 e. The van der Waals surface area contributed by atoms with Gasteiger partial charge in [0.25, 0.3) is 0 Å². The van der Waals surface area contributed by atoms with Crippen molar-refractivity contribution in [1.29, 1.82) is 0 Å². The maximum atomic E-state index is 12.4. The molecule has 2 aromatic rings. The Hall–Kier alpha value is -2.41. The van der Waals surface area contributed by atoms with E-state index >= 15 is 0 Å². The van der Waals surface area contributed by atoms with Gasteiger partial charge < -0.3 is 9.84 Å². The largest absolute Gasteiger partial charge is 0.573 e. The molecule has 0 aliphatic carbocycles. The van der Waals surface area contributed by atoms with E-state index in [9.17, 15) is 18.3 Å². The highest BCUT2D eigenvalue weighted by molar-refractivity contribution is 5.56. The van der Waals surface area contributed by atoms with Crippen molar-refractivity contribution in [2.24, 2.45) is 0 Å². The highest BCUT2D eigenvalue weighted by atomic mass is 19.4. The molecule has 1 saturated heterocycles. The molecule has 1 fully saturated rings. The van der Waals surface area contributed by atoms with Gasteiger partial charge in [-0.25, -0.2) is 5.01 Å². The Labute approximate surface area is 150 Å². The minimum absolute atomic E-state index is 0.195. The van der Waals surface area contributed by atoms with Gasteiger partial charge in [-0.3, -0.25) is 0 Å². The number of hydrogen-bond donors (Lipinski definition) is 1. The minimum atomic E-state index is -4.69. The zero-order chi connectivity index (χ0) is 18.8. The number of rotatable bonds is 4. The molecule has 0 unspecified atom stereocenters. The number of hydrogen-bond acceptors (Lipinski definition) is 3. The van der Waals surface area contributed by atoms with E-state index in [1.54, 1.807) is 24.3 Å². The molecule has 0 spiro atoms. The molecule has 4 nitrogen and oxygen atoms in total. The van der Waals surface area contributed by atoms with Crippen LogP contribution in [0.4, 0.5) is 24.5 Å². The molecule has 1 aliphatic rings. The first-order valence-electron chi connectivity index (χ1n) is 8.57. The van der Waals surface area contributed by atoms with Crippen LogP contribution in [0.15, 0.2) is 48.5 Å². The van der Waals surface area contributed by atoms with Gasteiger partial charge in [0, 0.05) is 12.1 Å². The Bertz CT molecular complexity index is 724. The van der Waals surface area contributed by atoms with E-state index < -0.39 is 6.36 Å². The fourth-order valence-electron chi connectivity index (χ4n) is 3.58. The molecule has 0 atom stereocenters. The number of phenolic OH excluding ortho intramolecular Hbond substituents is 1. The normalized spacial score (nSPS) is 16.9. The van der Waals surface area contributed by atoms with Crippen LogP contribution in [0.1, 0.15) is 19.3 Å². The predicted octanol–water partition coefficient (Wildman–Crippen LogP) is 4.83. The lowest BCUT2D eigenvalue weighted by molar-refractivity contribution is -0.274. The number of aromatic hydroxyl groups is 1. The SMILES string of the molecule is CN(c1ccc(O)cc1)[N+]1(c2ccc(OC(F)(F)F)cc2)CCCCC1. The van der Waals surface area contributed by atoms with Crippen molar-refractivity contribution >= 4 is 11.4 Å². The van der Waals surface area contributed by atoms with Gasteiger partial charge >= 0.3 is 6.36 Å². The third-order valence-electron chi connectivity index (χ3n) is 4.90. The summed E-state index contributed by atoms with van der Waals surface area (Å²) in [6.07, 6.45) is -1.49. The number of benzene rings is 2. The lowest BCUT2D eigenvalue weighted by Gasteiger charge is -2.47. The van der Waals surface area contributed by atoms with Crippen LogP contribution in [-0.2, 0) is 0 Å². The topological polar surface area (TPSA) is 32.7 Å². The van der Waals surface area contributed by atoms with E-state index in [0.29, 0.717) is 4.59 Å². The van der Waals surface area contributed by atoms with Crippen LogP contribution < -0.4 is 14.3 Å². The Morgan fingerprint density at radius 1 is 0.923 bits per heavy atom. The molecule has 1 heterocycles. The first-order chi connectivity index (χ1) is 12.3. The van der Waals surface area contributed by atoms with E-state index in [-0.39, 0.29) is 11.5 Å². The van der Waals surface area contributed by atoms with E-state index in [2.05, 4.69) is 9.75 Å². The molecular weight excluding hydrogens is 345 g/mol. The Morgan fingerprint density at radius 2 is 1.50 bits per heavy atom. The molecule has 1 N–H and O–H groups in total. The zero-order valence-electron chi connectivity index (χ0n) is 14.5. The number of ether oxygens (including phenoxy) is 1. The van der Waals surface area contributed by atoms with Crippen LogP contribution in [0.3, 0.4) is 0 Å². The maximum absolute atomic E-state index is 12.4. The summed E-state index contributed by atoms with van der Waals surface area (Å²) in [5, 5.41) is 11.6. The average Bonchev–Trinajstić information content (AvgIpc) is 2.61. The van der Waals surface area contributed by atoms with Gasteiger partial charge in [-0.15, -0.1) is 13.2 Å². The lowest BCUT2D eigenvalue weighted by atomic mass is 10.1. The summed E-state index contributed by atoms with van der Waals surface area (Å²) >= 11 is 0. The predicted molar refractivity (Wildman–Crippen MR) is 95.0 cm³/mol. The molecule has 7 heteroatoms. The van der Waals surface area contributed by atoms with Crippen molar-refractivity contribution in [3.8, 4) is 11.5 Å². The average molecular weight is 367 g/mol. The van der Waals surface area contributed by atoms with Crippen LogP contribution in [-0.4, -0.2) is 31.6 Å². The molecule has 2 aromatic carbocycles. The number of piperidine rings is 1. The number of alkyl halides is 3. The van der Waals surface area contributed by atoms with Crippen molar-refractivity contribution in [3.63, 3.8) is 0 Å². The van der Waals surface area contributed by atoms with Crippen LogP contribution in [0, 0.1) is 0 Å². The fraction of sp³-hybridized carbons (Fsp3) is 0.368. The molecular formula is C19H22F3N2O2+. The number of halogens is 3. The summed E-state index contributed by atoms with van der Waals surface area (Å²) in [5.41, 5.74) is 1.84. The van der Waals surface area contributed by atoms with E-state index in [4.69, 9.17) is 0 Å². The van der Waals surface area contributed by atoms with Crippen molar-refractivity contribution in [2.75, 3.05) is 25.1 Å². The van der Waals surface area contributed by atoms with Crippen molar-refractivity contribution < 1.29 is 23.0 Å². The van der Waals surface area contributed by atoms with Crippen molar-refractivity contribution in [2.45, 2.75) is 25.6 Å². The summed E-state index contributed by atoms with van der Waals surface area (Å²) < 4.78 is 41.7. The number of nitrogens with zero attached hydrogens (tertiary/aromatic N) is 2. The third-order valence-corrected chi connectivity index (χ3v) is 4.90. The van der Waals surface area contributed by atoms with Crippen molar-refractivity contribution in [1.82, 2.24) is 4.59 Å². The Balaban J connectivity index is 1.93. The number of quaternary nitrogens is 1. The van der Waals surface area contributed by atoms with Gasteiger partial charge in [0.05, 0.1) is 12.7 Å². The highest BCUT2D eigenvalue weighted by Gasteiger charge is 2.38. The van der Waals surface area contributed by atoms with Gasteiger partial charge in [0.1, 0.15) is 24.6 Å². The fourth-order valence-corrected chi connectivity index (χ4v) is 3.58. The van der Waals surface area contributed by atoms with Gasteiger partial charge in [-0.2, -0.15) is 4.59 Å². The third kappa shape index (κ3) is 3.88. The van der Waals surface area contributed by atoms with E-state index in [1.165, 1.54) is 12.1 Å². The van der Waals surface area contributed by atoms with Gasteiger partial charge in [-0.05, 0) is 55.7 Å². The van der Waals surface area contributed by atoms with Gasteiger partial charge in [-0.1, -0.05) is 0 Å². The van der Waals surface area contributed by atoms with Crippen LogP contribution in [0.25, 0.3) is 0 Å². The standard InChI is InChI=1S/C19H21F3N2O2/c1-23(15-5-9-17(25)10-6-15)24(13-3-2-4-14-24)16-7-11-18(12-8-16)26-19(20,21)22/h5-12H,2-4,13-14H2,1H3/p+1. The first kappa shape index (κ1) is 18.4. The molecule has 3 rings (SSSR count). The summed E-state index contributed by atoms with van der Waals surface area (Å²) in [4.78, 5) is 0. The van der Waals surface area contributed by atoms with Gasteiger partial charge in [0.2, 0.25) is 0 Å². The summed E-state index contributed by atoms with van der Waals surface area (Å²) in [7, 11) is 1.97. The summed E-state index contributed by atoms with van der Waals surface area (Å²) in [5.74, 6) is -0.0234. The monoisotopic (exact) mass is 367 g/mol. The first-order valence-corrected chi connectivity index (χ1v) is 8.57. The van der Waals surface area contributed by atoms with Gasteiger partial charge in [0.15, 0.2) is 5.69 Å². The Kier molecular flexibility index (Phi) is 5.00. The smallest absolute Gasteiger partial charge is 0.508 e. The van der Waals surface area contributed by atoms with E-state index in [1.807, 2.05) is 19.2 Å². The second kappa shape index (κ2) is 7.07. The Morgan fingerprint density at radius 3 is 2.04 bits per heavy atom. The molecule has 0 aromatic heterocycles. The molecule has 26 heavy (non-hydrogen) atoms. The second-order valence-electron chi connectivity index (χ2n) is 6.51. The molecule has 0 bridgehead atoms. The maximum Gasteiger partial charge on any atom is 0.573 e.